The van der Waals surface area contributed by atoms with Gasteiger partial charge in [0.15, 0.2) is 5.82 Å². The van der Waals surface area contributed by atoms with Crippen molar-refractivity contribution >= 4 is 30.3 Å². The van der Waals surface area contributed by atoms with Crippen molar-refractivity contribution in [3.05, 3.63) is 118 Å². The molecule has 3 aromatic rings. The first-order chi connectivity index (χ1) is 22.8. The van der Waals surface area contributed by atoms with Gasteiger partial charge in [0.05, 0.1) is 24.9 Å². The largest absolute Gasteiger partial charge is 0.497 e. The summed E-state index contributed by atoms with van der Waals surface area (Å²) in [5.41, 5.74) is 5.11. The first kappa shape index (κ1) is 32.6. The Hall–Kier alpha value is -4.29. The molecule has 1 aromatic heterocycles. The van der Waals surface area contributed by atoms with E-state index in [-0.39, 0.29) is 18.2 Å². The van der Waals surface area contributed by atoms with Crippen LogP contribution in [0.5, 0.6) is 5.75 Å². The molecule has 2 aliphatic carbocycles. The van der Waals surface area contributed by atoms with E-state index in [0.29, 0.717) is 59.9 Å². The third-order valence-corrected chi connectivity index (χ3v) is 9.02. The maximum absolute atomic E-state index is 13.3. The van der Waals surface area contributed by atoms with Gasteiger partial charge >= 0.3 is 7.12 Å². The number of amides is 1. The third kappa shape index (κ3) is 7.49. The predicted molar refractivity (Wildman–Crippen MR) is 184 cm³/mol. The Balaban J connectivity index is 1.10. The van der Waals surface area contributed by atoms with Crippen molar-refractivity contribution in [2.75, 3.05) is 26.7 Å². The van der Waals surface area contributed by atoms with Crippen LogP contribution in [0.2, 0.25) is 5.02 Å². The number of nitrogens with zero attached hydrogens (tertiary/aromatic N) is 4. The van der Waals surface area contributed by atoms with Crippen molar-refractivity contribution in [1.82, 2.24) is 25.4 Å². The van der Waals surface area contributed by atoms with Crippen molar-refractivity contribution in [3.63, 3.8) is 0 Å². The standard InChI is InChI=1S/C35H38BClN6O4/c1-22-41-42-35-31(40-34(24-9-11-28(37)12-10-24)30-19-29(47-2)13-14-32(30)43(22)35)20-33(44)39-16-15-38-21-23-5-3-6-25(17-23)26-7-4-8-27(18-26)36(45)46/h3-5,7-14,17,19,25-26,31,38,45-46H,6,15-16,18,20-21H2,1-2H3,(H,39,44). The van der Waals surface area contributed by atoms with Crippen molar-refractivity contribution in [2.45, 2.75) is 32.2 Å². The summed E-state index contributed by atoms with van der Waals surface area (Å²) in [6.45, 7) is 3.61. The summed E-state index contributed by atoms with van der Waals surface area (Å²) in [5, 5.41) is 35.1. The molecule has 3 aliphatic rings. The quantitative estimate of drug-likeness (QED) is 0.180. The molecule has 3 atom stereocenters. The highest BCUT2D eigenvalue weighted by Crippen LogP contribution is 2.35. The van der Waals surface area contributed by atoms with Gasteiger partial charge in [0.1, 0.15) is 17.6 Å². The van der Waals surface area contributed by atoms with Crippen LogP contribution in [-0.4, -0.2) is 70.3 Å². The summed E-state index contributed by atoms with van der Waals surface area (Å²) in [6.07, 6.45) is 14.1. The SMILES string of the molecule is COc1ccc2c(c1)C(c1ccc(Cl)cc1)=NC(CC(=O)NCCNCC1=CC(C3C=CC=C(B(O)O)C3)CC=C1)c1nnc(C)n1-2. The summed E-state index contributed by atoms with van der Waals surface area (Å²) >= 11 is 6.21. The van der Waals surface area contributed by atoms with Gasteiger partial charge in [-0.3, -0.25) is 14.4 Å². The summed E-state index contributed by atoms with van der Waals surface area (Å²) < 4.78 is 7.51. The zero-order valence-corrected chi connectivity index (χ0v) is 27.2. The summed E-state index contributed by atoms with van der Waals surface area (Å²) in [4.78, 5) is 18.4. The summed E-state index contributed by atoms with van der Waals surface area (Å²) in [7, 11) is 0.215. The maximum atomic E-state index is 13.3. The zero-order chi connectivity index (χ0) is 32.9. The number of nitrogens with one attached hydrogen (secondary N) is 2. The van der Waals surface area contributed by atoms with E-state index in [1.54, 1.807) is 13.2 Å². The number of aryl methyl sites for hydroxylation is 1. The van der Waals surface area contributed by atoms with E-state index in [2.05, 4.69) is 45.1 Å². The molecule has 0 spiro atoms. The Labute approximate surface area is 279 Å². The van der Waals surface area contributed by atoms with E-state index in [4.69, 9.17) is 21.3 Å². The molecule has 6 rings (SSSR count). The molecule has 242 valence electrons. The van der Waals surface area contributed by atoms with Gasteiger partial charge in [-0.15, -0.1) is 10.2 Å². The van der Waals surface area contributed by atoms with Crippen LogP contribution in [0.1, 0.15) is 48.1 Å². The van der Waals surface area contributed by atoms with E-state index < -0.39 is 13.2 Å². The lowest BCUT2D eigenvalue weighted by molar-refractivity contribution is -0.121. The van der Waals surface area contributed by atoms with Crippen LogP contribution >= 0.6 is 11.6 Å². The van der Waals surface area contributed by atoms with Crippen LogP contribution in [0.4, 0.5) is 0 Å². The minimum Gasteiger partial charge on any atom is -0.497 e. The molecular weight excluding hydrogens is 615 g/mol. The molecular formula is C35H38BClN6O4. The Morgan fingerprint density at radius 3 is 2.74 bits per heavy atom. The van der Waals surface area contributed by atoms with Crippen LogP contribution < -0.4 is 15.4 Å². The molecule has 2 heterocycles. The van der Waals surface area contributed by atoms with Crippen molar-refractivity contribution in [1.29, 1.82) is 0 Å². The maximum Gasteiger partial charge on any atom is 0.484 e. The fourth-order valence-corrected chi connectivity index (χ4v) is 6.48. The molecule has 4 N–H and O–H groups in total. The number of rotatable bonds is 11. The van der Waals surface area contributed by atoms with Gasteiger partial charge in [-0.25, -0.2) is 0 Å². The van der Waals surface area contributed by atoms with Crippen LogP contribution in [0.3, 0.4) is 0 Å². The van der Waals surface area contributed by atoms with Gasteiger partial charge in [-0.1, -0.05) is 60.2 Å². The second-order valence-electron chi connectivity index (χ2n) is 12.0. The highest BCUT2D eigenvalue weighted by Gasteiger charge is 2.30. The molecule has 1 aliphatic heterocycles. The third-order valence-electron chi connectivity index (χ3n) is 8.77. The minimum atomic E-state index is -1.41. The number of fused-ring (bicyclic) bond motifs is 3. The number of hydrogen-bond acceptors (Lipinski definition) is 8. The number of halogens is 1. The lowest BCUT2D eigenvalue weighted by Crippen LogP contribution is -2.33. The highest BCUT2D eigenvalue weighted by molar-refractivity contribution is 6.50. The summed E-state index contributed by atoms with van der Waals surface area (Å²) in [6, 6.07) is 12.7. The lowest BCUT2D eigenvalue weighted by atomic mass is 9.69. The second-order valence-corrected chi connectivity index (χ2v) is 12.4. The molecule has 47 heavy (non-hydrogen) atoms. The summed E-state index contributed by atoms with van der Waals surface area (Å²) in [5.74, 6) is 2.38. The van der Waals surface area contributed by atoms with E-state index in [9.17, 15) is 14.8 Å². The van der Waals surface area contributed by atoms with Crippen LogP contribution in [-0.2, 0) is 4.79 Å². The molecule has 0 fully saturated rings. The normalized spacial score (nSPS) is 19.9. The number of aliphatic imine (C=N–C) groups is 1. The molecule has 1 amide bonds. The van der Waals surface area contributed by atoms with Gasteiger partial charge in [0, 0.05) is 35.8 Å². The second kappa shape index (κ2) is 14.6. The molecule has 0 saturated heterocycles. The number of hydrogen-bond donors (Lipinski definition) is 4. The van der Waals surface area contributed by atoms with E-state index in [0.717, 1.165) is 28.9 Å². The lowest BCUT2D eigenvalue weighted by Gasteiger charge is -2.27. The fraction of sp³-hybridized carbons (Fsp3) is 0.314. The fourth-order valence-electron chi connectivity index (χ4n) is 6.35. The monoisotopic (exact) mass is 652 g/mol. The van der Waals surface area contributed by atoms with E-state index in [1.807, 2.05) is 60.0 Å². The van der Waals surface area contributed by atoms with Crippen LogP contribution in [0, 0.1) is 18.8 Å². The molecule has 10 nitrogen and oxygen atoms in total. The average molecular weight is 653 g/mol. The zero-order valence-electron chi connectivity index (χ0n) is 26.4. The molecule has 0 bridgehead atoms. The molecule has 0 saturated carbocycles. The number of benzene rings is 2. The Bertz CT molecular complexity index is 1780. The van der Waals surface area contributed by atoms with Gasteiger partial charge < -0.3 is 25.4 Å². The first-order valence-corrected chi connectivity index (χ1v) is 16.2. The van der Waals surface area contributed by atoms with Gasteiger partial charge in [0.25, 0.3) is 0 Å². The number of methoxy groups -OCH3 is 1. The number of carbonyl (C=O) groups is 1. The molecule has 3 unspecified atom stereocenters. The Morgan fingerprint density at radius 1 is 1.13 bits per heavy atom. The van der Waals surface area contributed by atoms with Gasteiger partial charge in [0.2, 0.25) is 5.91 Å². The number of ether oxygens (including phenoxy) is 1. The molecule has 12 heteroatoms. The first-order valence-electron chi connectivity index (χ1n) is 15.8. The number of carbonyl (C=O) groups excluding carboxylic acids is 1. The predicted octanol–water partition coefficient (Wildman–Crippen LogP) is 4.24. The van der Waals surface area contributed by atoms with Crippen LogP contribution in [0.15, 0.2) is 95.0 Å². The Kier molecular flexibility index (Phi) is 10.2. The smallest absolute Gasteiger partial charge is 0.484 e. The van der Waals surface area contributed by atoms with Crippen molar-refractivity contribution in [2.24, 2.45) is 16.8 Å². The molecule has 2 aromatic carbocycles. The highest BCUT2D eigenvalue weighted by atomic mass is 35.5. The van der Waals surface area contributed by atoms with Gasteiger partial charge in [-0.05, 0) is 73.0 Å². The van der Waals surface area contributed by atoms with E-state index >= 15 is 0 Å². The topological polar surface area (TPSA) is 134 Å². The van der Waals surface area contributed by atoms with Crippen molar-refractivity contribution < 1.29 is 19.6 Å². The minimum absolute atomic E-state index is 0.101. The van der Waals surface area contributed by atoms with Crippen LogP contribution in [0.25, 0.3) is 5.69 Å². The Morgan fingerprint density at radius 2 is 1.96 bits per heavy atom. The van der Waals surface area contributed by atoms with E-state index in [1.165, 1.54) is 5.57 Å². The molecule has 0 radical (unpaired) electrons. The number of aromatic nitrogens is 3. The average Bonchev–Trinajstić information content (AvgIpc) is 3.41. The number of allylic oxidation sites excluding steroid dienone is 6. The van der Waals surface area contributed by atoms with Crippen molar-refractivity contribution in [3.8, 4) is 11.4 Å². The van der Waals surface area contributed by atoms with Gasteiger partial charge in [-0.2, -0.15) is 0 Å².